The lowest BCUT2D eigenvalue weighted by Crippen LogP contribution is -2.32. The number of nitrogens with two attached hydrogens (primary N) is 1. The van der Waals surface area contributed by atoms with Crippen molar-refractivity contribution in [1.82, 2.24) is 4.98 Å². The molecule has 0 radical (unpaired) electrons. The molecule has 5 heteroatoms. The molecule has 1 atom stereocenters. The monoisotopic (exact) mass is 236 g/mol. The topological polar surface area (TPSA) is 71.2 Å². The number of anilines is 2. The van der Waals surface area contributed by atoms with Crippen LogP contribution in [0.3, 0.4) is 0 Å². The van der Waals surface area contributed by atoms with Crippen LogP contribution in [0.5, 0.6) is 0 Å². The average Bonchev–Trinajstić information content (AvgIpc) is 2.32. The Morgan fingerprint density at radius 3 is 2.53 bits per heavy atom. The van der Waals surface area contributed by atoms with E-state index in [0.717, 1.165) is 18.8 Å². The van der Waals surface area contributed by atoms with Gasteiger partial charge in [0.2, 0.25) is 5.91 Å². The third-order valence-corrected chi connectivity index (χ3v) is 2.54. The van der Waals surface area contributed by atoms with Gasteiger partial charge in [0.15, 0.2) is 0 Å². The number of carbonyl (C=O) groups excluding carboxylic acids is 1. The first-order valence-corrected chi connectivity index (χ1v) is 5.85. The van der Waals surface area contributed by atoms with Crippen LogP contribution in [-0.2, 0) is 4.79 Å². The molecular formula is C12H20N4O. The van der Waals surface area contributed by atoms with E-state index < -0.39 is 6.04 Å². The second-order valence-electron chi connectivity index (χ2n) is 3.85. The number of hydrogen-bond donors (Lipinski definition) is 2. The van der Waals surface area contributed by atoms with Gasteiger partial charge in [-0.3, -0.25) is 4.79 Å². The van der Waals surface area contributed by atoms with Crippen molar-refractivity contribution < 1.29 is 4.79 Å². The van der Waals surface area contributed by atoms with Crippen molar-refractivity contribution in [2.24, 2.45) is 5.73 Å². The summed E-state index contributed by atoms with van der Waals surface area (Å²) in [6.07, 6.45) is 1.75. The molecule has 5 nitrogen and oxygen atoms in total. The molecule has 0 aliphatic rings. The molecule has 1 heterocycles. The van der Waals surface area contributed by atoms with Gasteiger partial charge in [0.25, 0.3) is 0 Å². The van der Waals surface area contributed by atoms with Gasteiger partial charge in [0.1, 0.15) is 5.82 Å². The maximum absolute atomic E-state index is 11.4. The van der Waals surface area contributed by atoms with Gasteiger partial charge in [-0.2, -0.15) is 0 Å². The first-order valence-electron chi connectivity index (χ1n) is 5.85. The van der Waals surface area contributed by atoms with Crippen molar-refractivity contribution in [3.8, 4) is 0 Å². The molecule has 0 saturated heterocycles. The van der Waals surface area contributed by atoms with Gasteiger partial charge in [0, 0.05) is 13.1 Å². The SMILES string of the molecule is CCN(CC)c1ccc(NC(=O)C(C)N)nc1. The predicted molar refractivity (Wildman–Crippen MR) is 70.1 cm³/mol. The Labute approximate surface area is 102 Å². The van der Waals surface area contributed by atoms with E-state index in [1.165, 1.54) is 0 Å². The van der Waals surface area contributed by atoms with Gasteiger partial charge in [-0.1, -0.05) is 0 Å². The molecule has 17 heavy (non-hydrogen) atoms. The second kappa shape index (κ2) is 6.20. The van der Waals surface area contributed by atoms with E-state index in [2.05, 4.69) is 29.0 Å². The number of nitrogens with one attached hydrogen (secondary N) is 1. The standard InChI is InChI=1S/C12H20N4O/c1-4-16(5-2)10-6-7-11(14-8-10)15-12(17)9(3)13/h6-9H,4-5,13H2,1-3H3,(H,14,15,17). The third kappa shape index (κ3) is 3.71. The first kappa shape index (κ1) is 13.4. The summed E-state index contributed by atoms with van der Waals surface area (Å²) in [5.74, 6) is 0.302. The maximum atomic E-state index is 11.4. The number of hydrogen-bond acceptors (Lipinski definition) is 4. The van der Waals surface area contributed by atoms with E-state index in [4.69, 9.17) is 5.73 Å². The Hall–Kier alpha value is -1.62. The number of pyridine rings is 1. The number of aromatic nitrogens is 1. The van der Waals surface area contributed by atoms with Gasteiger partial charge in [0.05, 0.1) is 17.9 Å². The maximum Gasteiger partial charge on any atom is 0.242 e. The molecule has 3 N–H and O–H groups in total. The lowest BCUT2D eigenvalue weighted by Gasteiger charge is -2.20. The summed E-state index contributed by atoms with van der Waals surface area (Å²) in [5.41, 5.74) is 6.51. The highest BCUT2D eigenvalue weighted by atomic mass is 16.2. The van der Waals surface area contributed by atoms with Crippen molar-refractivity contribution in [1.29, 1.82) is 0 Å². The van der Waals surface area contributed by atoms with E-state index in [1.807, 2.05) is 6.07 Å². The van der Waals surface area contributed by atoms with Crippen LogP contribution in [0, 0.1) is 0 Å². The van der Waals surface area contributed by atoms with E-state index in [9.17, 15) is 4.79 Å². The fourth-order valence-electron chi connectivity index (χ4n) is 1.48. The highest BCUT2D eigenvalue weighted by Gasteiger charge is 2.08. The number of carbonyl (C=O) groups is 1. The number of nitrogens with zero attached hydrogens (tertiary/aromatic N) is 2. The van der Waals surface area contributed by atoms with Crippen LogP contribution in [0.2, 0.25) is 0 Å². The third-order valence-electron chi connectivity index (χ3n) is 2.54. The molecule has 1 rings (SSSR count). The van der Waals surface area contributed by atoms with Crippen molar-refractivity contribution in [2.75, 3.05) is 23.3 Å². The van der Waals surface area contributed by atoms with Gasteiger partial charge in [-0.15, -0.1) is 0 Å². The van der Waals surface area contributed by atoms with Crippen LogP contribution < -0.4 is 16.0 Å². The normalized spacial score (nSPS) is 12.0. The number of rotatable bonds is 5. The molecule has 0 spiro atoms. The van der Waals surface area contributed by atoms with E-state index in [-0.39, 0.29) is 5.91 Å². The van der Waals surface area contributed by atoms with Crippen molar-refractivity contribution >= 4 is 17.4 Å². The summed E-state index contributed by atoms with van der Waals surface area (Å²) in [7, 11) is 0. The van der Waals surface area contributed by atoms with Crippen LogP contribution in [0.15, 0.2) is 18.3 Å². The molecule has 94 valence electrons. The van der Waals surface area contributed by atoms with Crippen molar-refractivity contribution in [3.05, 3.63) is 18.3 Å². The first-order chi connectivity index (χ1) is 8.08. The van der Waals surface area contributed by atoms with E-state index in [0.29, 0.717) is 5.82 Å². The smallest absolute Gasteiger partial charge is 0.242 e. The molecular weight excluding hydrogens is 216 g/mol. The summed E-state index contributed by atoms with van der Waals surface area (Å²) < 4.78 is 0. The minimum Gasteiger partial charge on any atom is -0.371 e. The Balaban J connectivity index is 2.71. The minimum absolute atomic E-state index is 0.229. The summed E-state index contributed by atoms with van der Waals surface area (Å²) >= 11 is 0. The lowest BCUT2D eigenvalue weighted by molar-refractivity contribution is -0.117. The lowest BCUT2D eigenvalue weighted by atomic mass is 10.3. The van der Waals surface area contributed by atoms with Crippen LogP contribution in [-0.4, -0.2) is 30.0 Å². The highest BCUT2D eigenvalue weighted by molar-refractivity contribution is 5.93. The Morgan fingerprint density at radius 2 is 2.12 bits per heavy atom. The van der Waals surface area contributed by atoms with E-state index in [1.54, 1.807) is 19.2 Å². The molecule has 0 saturated carbocycles. The molecule has 1 aromatic heterocycles. The second-order valence-corrected chi connectivity index (χ2v) is 3.85. The molecule has 0 bridgehead atoms. The van der Waals surface area contributed by atoms with E-state index >= 15 is 0 Å². The Bertz CT molecular complexity index is 357. The Kier molecular flexibility index (Phi) is 4.90. The highest BCUT2D eigenvalue weighted by Crippen LogP contribution is 2.14. The molecule has 1 aromatic rings. The zero-order valence-corrected chi connectivity index (χ0v) is 10.6. The van der Waals surface area contributed by atoms with Gasteiger partial charge < -0.3 is 16.0 Å². The summed E-state index contributed by atoms with van der Waals surface area (Å²) in [6.45, 7) is 7.69. The predicted octanol–water partition coefficient (Wildman–Crippen LogP) is 1.21. The fraction of sp³-hybridized carbons (Fsp3) is 0.500. The van der Waals surface area contributed by atoms with Crippen molar-refractivity contribution in [2.45, 2.75) is 26.8 Å². The van der Waals surface area contributed by atoms with Gasteiger partial charge in [-0.25, -0.2) is 4.98 Å². The Morgan fingerprint density at radius 1 is 1.47 bits per heavy atom. The molecule has 0 aliphatic heterocycles. The zero-order chi connectivity index (χ0) is 12.8. The summed E-state index contributed by atoms with van der Waals surface area (Å²) in [4.78, 5) is 17.7. The minimum atomic E-state index is -0.528. The molecule has 1 unspecified atom stereocenters. The quantitative estimate of drug-likeness (QED) is 0.806. The van der Waals surface area contributed by atoms with Crippen LogP contribution in [0.25, 0.3) is 0 Å². The van der Waals surface area contributed by atoms with Gasteiger partial charge in [-0.05, 0) is 32.9 Å². The molecule has 0 aliphatic carbocycles. The molecule has 1 amide bonds. The fourth-order valence-corrected chi connectivity index (χ4v) is 1.48. The van der Waals surface area contributed by atoms with Crippen LogP contribution >= 0.6 is 0 Å². The van der Waals surface area contributed by atoms with Crippen LogP contribution in [0.1, 0.15) is 20.8 Å². The zero-order valence-electron chi connectivity index (χ0n) is 10.6. The van der Waals surface area contributed by atoms with Crippen LogP contribution in [0.4, 0.5) is 11.5 Å². The molecule has 0 aromatic carbocycles. The summed E-state index contributed by atoms with van der Waals surface area (Å²) in [6, 6.07) is 3.20. The largest absolute Gasteiger partial charge is 0.371 e. The number of amides is 1. The summed E-state index contributed by atoms with van der Waals surface area (Å²) in [5, 5.41) is 2.65. The van der Waals surface area contributed by atoms with Gasteiger partial charge >= 0.3 is 0 Å². The van der Waals surface area contributed by atoms with Crippen molar-refractivity contribution in [3.63, 3.8) is 0 Å². The average molecular weight is 236 g/mol. The molecule has 0 fully saturated rings.